The predicted octanol–water partition coefficient (Wildman–Crippen LogP) is 4.43. The number of halogens is 2. The third kappa shape index (κ3) is 251. The molecule has 0 bridgehead atoms. The van der Waals surface area contributed by atoms with Gasteiger partial charge in [0.1, 0.15) is 0 Å². The largest absolute Gasteiger partial charge is 5.00 e. The summed E-state index contributed by atoms with van der Waals surface area (Å²) in [5.41, 5.74) is 0. The normalized spacial score (nSPS) is 0. The van der Waals surface area contributed by atoms with Crippen molar-refractivity contribution in [3.05, 3.63) is 30.8 Å². The van der Waals surface area contributed by atoms with Crippen molar-refractivity contribution in [1.82, 2.24) is 0 Å². The van der Waals surface area contributed by atoms with E-state index in [0.29, 0.717) is 0 Å². The molecule has 0 amide bonds. The maximum absolute atomic E-state index is 0. The third-order valence-electron chi connectivity index (χ3n) is 0. The molecule has 0 heterocycles. The average Bonchev–Trinajstić information content (AvgIpc) is 0. The van der Waals surface area contributed by atoms with Gasteiger partial charge in [-0.2, -0.15) is 0 Å². The van der Waals surface area contributed by atoms with Crippen LogP contribution in [0.25, 0.3) is 30.8 Å². The Morgan fingerprint density at radius 3 is 0.375 bits per heavy atom. The van der Waals surface area contributed by atoms with Crippen molar-refractivity contribution >= 4 is 24.8 Å². The molecule has 59 valence electrons. The summed E-state index contributed by atoms with van der Waals surface area (Å²) in [6.07, 6.45) is 0. The minimum Gasteiger partial charge on any atom is -0.693 e. The molecule has 0 aromatic carbocycles. The van der Waals surface area contributed by atoms with Crippen LogP contribution in [0.1, 0.15) is 0 Å². The van der Waals surface area contributed by atoms with Crippen molar-refractivity contribution in [3.63, 3.8) is 0 Å². The number of nitrogens with two attached hydrogens (primary N) is 5. The van der Waals surface area contributed by atoms with Gasteiger partial charge >= 0.3 is 19.5 Å². The standard InChI is InChI=1S/2ClH.5H2N.Ru/h2*1H;5*1H2;/q;;5*-1;+5. The van der Waals surface area contributed by atoms with E-state index >= 15 is 0 Å². The van der Waals surface area contributed by atoms with E-state index in [1.54, 1.807) is 0 Å². The molecule has 0 rings (SSSR count). The van der Waals surface area contributed by atoms with Gasteiger partial charge in [-0.1, -0.05) is 0 Å². The van der Waals surface area contributed by atoms with Crippen molar-refractivity contribution in [2.24, 2.45) is 0 Å². The van der Waals surface area contributed by atoms with Gasteiger partial charge in [0, 0.05) is 0 Å². The first-order chi connectivity index (χ1) is 0. The molecular weight excluding hydrogens is 242 g/mol. The molecule has 5 nitrogen and oxygen atoms in total. The molecule has 8 heteroatoms. The molecule has 0 aromatic heterocycles. The predicted molar refractivity (Wildman–Crippen MR) is 40.9 cm³/mol. The van der Waals surface area contributed by atoms with E-state index < -0.39 is 0 Å². The maximum atomic E-state index is 0. The number of hydrogen-bond donors (Lipinski definition) is 0. The number of rotatable bonds is 0. The summed E-state index contributed by atoms with van der Waals surface area (Å²) in [7, 11) is 0. The Bertz CT molecular complexity index is 10.4. The molecule has 8 heavy (non-hydrogen) atoms. The molecule has 0 aliphatic carbocycles. The van der Waals surface area contributed by atoms with Crippen LogP contribution in [0.3, 0.4) is 0 Å². The first-order valence-electron chi connectivity index (χ1n) is 0. The van der Waals surface area contributed by atoms with Crippen LogP contribution >= 0.6 is 24.8 Å². The smallest absolute Gasteiger partial charge is 0.693 e. The number of hydrogen-bond acceptors (Lipinski definition) is 0. The summed E-state index contributed by atoms with van der Waals surface area (Å²) in [6, 6.07) is 0. The van der Waals surface area contributed by atoms with Crippen LogP contribution in [0.2, 0.25) is 0 Å². The van der Waals surface area contributed by atoms with Crippen LogP contribution in [-0.4, -0.2) is 0 Å². The van der Waals surface area contributed by atoms with Crippen LogP contribution in [0, 0.1) is 0 Å². The quantitative estimate of drug-likeness (QED) is 0.557. The van der Waals surface area contributed by atoms with Crippen molar-refractivity contribution in [2.75, 3.05) is 0 Å². The van der Waals surface area contributed by atoms with E-state index in [4.69, 9.17) is 0 Å². The van der Waals surface area contributed by atoms with E-state index in [1.165, 1.54) is 0 Å². The van der Waals surface area contributed by atoms with Crippen LogP contribution < -0.4 is 0 Å². The molecule has 10 N–H and O–H groups in total. The van der Waals surface area contributed by atoms with Gasteiger partial charge in [-0.25, -0.2) is 0 Å². The molecule has 0 unspecified atom stereocenters. The van der Waals surface area contributed by atoms with Gasteiger partial charge in [-0.3, -0.25) is 0 Å². The maximum Gasteiger partial charge on any atom is 5.00 e. The molecule has 0 saturated carbocycles. The van der Waals surface area contributed by atoms with Crippen LogP contribution in [0.5, 0.6) is 0 Å². The van der Waals surface area contributed by atoms with Crippen molar-refractivity contribution in [1.29, 1.82) is 0 Å². The van der Waals surface area contributed by atoms with Gasteiger partial charge in [0.05, 0.1) is 0 Å². The van der Waals surface area contributed by atoms with E-state index in [2.05, 4.69) is 0 Å². The molecule has 1 radical (unpaired) electrons. The Hall–Kier alpha value is 1.00. The van der Waals surface area contributed by atoms with Crippen LogP contribution in [0.4, 0.5) is 0 Å². The molecular formula is H12Cl2N5Ru. The third-order valence-corrected chi connectivity index (χ3v) is 0. The van der Waals surface area contributed by atoms with Crippen molar-refractivity contribution in [2.45, 2.75) is 0 Å². The van der Waals surface area contributed by atoms with Gasteiger partial charge in [0.15, 0.2) is 0 Å². The molecule has 0 aromatic rings. The minimum absolute atomic E-state index is 0. The Balaban J connectivity index is 0. The monoisotopic (exact) mass is 254 g/mol. The van der Waals surface area contributed by atoms with E-state index in [9.17, 15) is 0 Å². The van der Waals surface area contributed by atoms with Gasteiger partial charge < -0.3 is 30.8 Å². The summed E-state index contributed by atoms with van der Waals surface area (Å²) in [4.78, 5) is 0. The first-order valence-corrected chi connectivity index (χ1v) is 0. The van der Waals surface area contributed by atoms with Crippen molar-refractivity contribution in [3.8, 4) is 0 Å². The molecule has 0 fully saturated rings. The van der Waals surface area contributed by atoms with E-state index in [0.717, 1.165) is 0 Å². The minimum atomic E-state index is 0. The summed E-state index contributed by atoms with van der Waals surface area (Å²) in [5, 5.41) is 0. The zero-order valence-electron chi connectivity index (χ0n) is 4.06. The van der Waals surface area contributed by atoms with Crippen LogP contribution in [-0.2, 0) is 19.5 Å². The summed E-state index contributed by atoms with van der Waals surface area (Å²) in [5.74, 6) is 0. The Morgan fingerprint density at radius 2 is 0.375 bits per heavy atom. The first kappa shape index (κ1) is 573. The van der Waals surface area contributed by atoms with Gasteiger partial charge in [0.25, 0.3) is 0 Å². The molecule has 0 aliphatic rings. The van der Waals surface area contributed by atoms with E-state index in [-0.39, 0.29) is 75.0 Å². The fourth-order valence-corrected chi connectivity index (χ4v) is 0. The van der Waals surface area contributed by atoms with Gasteiger partial charge in [0.2, 0.25) is 0 Å². The Morgan fingerprint density at radius 1 is 0.375 bits per heavy atom. The van der Waals surface area contributed by atoms with Gasteiger partial charge in [-0.15, -0.1) is 24.8 Å². The van der Waals surface area contributed by atoms with E-state index in [1.807, 2.05) is 0 Å². The Kier molecular flexibility index (Phi) is 27900. The zero-order valence-corrected chi connectivity index (χ0v) is 7.43. The van der Waals surface area contributed by atoms with Crippen molar-refractivity contribution < 1.29 is 19.5 Å². The fourth-order valence-electron chi connectivity index (χ4n) is 0. The average molecular weight is 254 g/mol. The second-order valence-electron chi connectivity index (χ2n) is 0. The second kappa shape index (κ2) is 390. The second-order valence-corrected chi connectivity index (χ2v) is 0. The fraction of sp³-hybridized carbons (Fsp3) is 0. The SMILES string of the molecule is Cl.Cl.[NH2-].[NH2-].[NH2-].[NH2-].[NH2-].[Ru+5]. The molecule has 0 spiro atoms. The van der Waals surface area contributed by atoms with Gasteiger partial charge in [-0.05, 0) is 0 Å². The topological polar surface area (TPSA) is 168 Å². The Labute approximate surface area is 75.2 Å². The summed E-state index contributed by atoms with van der Waals surface area (Å²) >= 11 is 0. The molecule has 0 atom stereocenters. The molecule has 0 aliphatic heterocycles. The molecule has 0 saturated heterocycles. The summed E-state index contributed by atoms with van der Waals surface area (Å²) < 4.78 is 0. The summed E-state index contributed by atoms with van der Waals surface area (Å²) in [6.45, 7) is 0. The van der Waals surface area contributed by atoms with Crippen LogP contribution in [0.15, 0.2) is 0 Å². The zero-order chi connectivity index (χ0) is 0.